The Kier molecular flexibility index (Phi) is 4.63. The van der Waals surface area contributed by atoms with Crippen LogP contribution < -0.4 is 16.0 Å². The smallest absolute Gasteiger partial charge is 0.237 e. The van der Waals surface area contributed by atoms with E-state index in [1.807, 2.05) is 0 Å². The third kappa shape index (κ3) is 3.83. The summed E-state index contributed by atoms with van der Waals surface area (Å²) in [5.41, 5.74) is 0.479. The molecule has 0 bridgehead atoms. The average molecular weight is 302 g/mol. The molecule has 0 unspecified atom stereocenters. The van der Waals surface area contributed by atoms with E-state index in [0.717, 1.165) is 0 Å². The van der Waals surface area contributed by atoms with E-state index in [9.17, 15) is 9.59 Å². The summed E-state index contributed by atoms with van der Waals surface area (Å²) in [6.45, 7) is 1.24. The van der Waals surface area contributed by atoms with Crippen LogP contribution in [0.3, 0.4) is 0 Å². The maximum absolute atomic E-state index is 11.8. The molecular formula is C12H13Cl2N3O2. The van der Waals surface area contributed by atoms with Gasteiger partial charge in [0.25, 0.3) is 0 Å². The Balaban J connectivity index is 1.95. The molecular weight excluding hydrogens is 289 g/mol. The summed E-state index contributed by atoms with van der Waals surface area (Å²) in [7, 11) is 0. The van der Waals surface area contributed by atoms with E-state index in [2.05, 4.69) is 16.0 Å². The van der Waals surface area contributed by atoms with Crippen LogP contribution in [0.1, 0.15) is 6.42 Å². The third-order valence-corrected chi connectivity index (χ3v) is 3.27. The first-order valence-electron chi connectivity index (χ1n) is 5.82. The number of piperazine rings is 1. The van der Waals surface area contributed by atoms with Crippen LogP contribution in [-0.4, -0.2) is 30.9 Å². The van der Waals surface area contributed by atoms with Gasteiger partial charge >= 0.3 is 0 Å². The number of nitrogens with one attached hydrogen (secondary N) is 3. The number of amides is 2. The molecule has 1 fully saturated rings. The number of carbonyl (C=O) groups is 2. The molecule has 0 spiro atoms. The predicted molar refractivity (Wildman–Crippen MR) is 74.5 cm³/mol. The molecule has 19 heavy (non-hydrogen) atoms. The molecule has 1 heterocycles. The Morgan fingerprint density at radius 3 is 2.84 bits per heavy atom. The van der Waals surface area contributed by atoms with Crippen LogP contribution >= 0.6 is 23.2 Å². The number of rotatable bonds is 3. The number of carbonyl (C=O) groups excluding carboxylic acids is 2. The number of benzene rings is 1. The summed E-state index contributed by atoms with van der Waals surface area (Å²) in [5.74, 6) is -0.442. The Bertz CT molecular complexity index is 508. The minimum absolute atomic E-state index is 0.0603. The monoisotopic (exact) mass is 301 g/mol. The number of anilines is 1. The first-order chi connectivity index (χ1) is 9.06. The molecule has 3 N–H and O–H groups in total. The van der Waals surface area contributed by atoms with Gasteiger partial charge in [0.15, 0.2) is 0 Å². The Hall–Kier alpha value is -1.30. The molecule has 2 rings (SSSR count). The van der Waals surface area contributed by atoms with Gasteiger partial charge in [-0.05, 0) is 18.2 Å². The van der Waals surface area contributed by atoms with Gasteiger partial charge in [0.05, 0.1) is 23.2 Å². The first-order valence-corrected chi connectivity index (χ1v) is 6.58. The zero-order valence-electron chi connectivity index (χ0n) is 10.0. The van der Waals surface area contributed by atoms with Crippen LogP contribution in [0.25, 0.3) is 0 Å². The fourth-order valence-corrected chi connectivity index (χ4v) is 2.25. The van der Waals surface area contributed by atoms with Gasteiger partial charge in [-0.3, -0.25) is 9.59 Å². The summed E-state index contributed by atoms with van der Waals surface area (Å²) in [4.78, 5) is 23.3. The molecule has 0 saturated carbocycles. The second kappa shape index (κ2) is 6.23. The highest BCUT2D eigenvalue weighted by Gasteiger charge is 2.24. The summed E-state index contributed by atoms with van der Waals surface area (Å²) in [6.07, 6.45) is 0.0603. The second-order valence-electron chi connectivity index (χ2n) is 4.17. The summed E-state index contributed by atoms with van der Waals surface area (Å²) >= 11 is 11.7. The first kappa shape index (κ1) is 14.1. The SMILES string of the molecule is O=C(C[C@H]1NCCNC1=O)Nc1ccc(Cl)cc1Cl. The lowest BCUT2D eigenvalue weighted by molar-refractivity contribution is -0.127. The van der Waals surface area contributed by atoms with Gasteiger partial charge in [-0.15, -0.1) is 0 Å². The van der Waals surface area contributed by atoms with Crippen molar-refractivity contribution in [3.8, 4) is 0 Å². The lowest BCUT2D eigenvalue weighted by Crippen LogP contribution is -2.53. The molecule has 2 amide bonds. The Morgan fingerprint density at radius 1 is 1.37 bits per heavy atom. The van der Waals surface area contributed by atoms with Crippen LogP contribution in [0.4, 0.5) is 5.69 Å². The minimum atomic E-state index is -0.500. The van der Waals surface area contributed by atoms with Gasteiger partial charge in [0, 0.05) is 18.1 Å². The maximum atomic E-state index is 11.8. The van der Waals surface area contributed by atoms with E-state index in [1.165, 1.54) is 0 Å². The zero-order valence-corrected chi connectivity index (χ0v) is 11.5. The van der Waals surface area contributed by atoms with Crippen molar-refractivity contribution in [2.75, 3.05) is 18.4 Å². The van der Waals surface area contributed by atoms with E-state index >= 15 is 0 Å². The largest absolute Gasteiger partial charge is 0.353 e. The second-order valence-corrected chi connectivity index (χ2v) is 5.02. The predicted octanol–water partition coefficient (Wildman–Crippen LogP) is 1.41. The minimum Gasteiger partial charge on any atom is -0.353 e. The highest BCUT2D eigenvalue weighted by Crippen LogP contribution is 2.25. The van der Waals surface area contributed by atoms with Gasteiger partial charge in [-0.1, -0.05) is 23.2 Å². The number of hydrogen-bond acceptors (Lipinski definition) is 3. The number of hydrogen-bond donors (Lipinski definition) is 3. The lowest BCUT2D eigenvalue weighted by atomic mass is 10.1. The summed E-state index contributed by atoms with van der Waals surface area (Å²) in [5, 5.41) is 9.19. The molecule has 0 aromatic heterocycles. The van der Waals surface area contributed by atoms with Crippen molar-refractivity contribution in [2.24, 2.45) is 0 Å². The van der Waals surface area contributed by atoms with E-state index < -0.39 is 6.04 Å². The zero-order chi connectivity index (χ0) is 13.8. The fraction of sp³-hybridized carbons (Fsp3) is 0.333. The van der Waals surface area contributed by atoms with Gasteiger partial charge in [-0.25, -0.2) is 0 Å². The van der Waals surface area contributed by atoms with Crippen molar-refractivity contribution in [3.63, 3.8) is 0 Å². The maximum Gasteiger partial charge on any atom is 0.237 e. The summed E-state index contributed by atoms with van der Waals surface area (Å²) in [6, 6.07) is 4.30. The van der Waals surface area contributed by atoms with Crippen LogP contribution in [0.5, 0.6) is 0 Å². The van der Waals surface area contributed by atoms with Crippen molar-refractivity contribution in [2.45, 2.75) is 12.5 Å². The van der Waals surface area contributed by atoms with Gasteiger partial charge in [-0.2, -0.15) is 0 Å². The van der Waals surface area contributed by atoms with Crippen molar-refractivity contribution < 1.29 is 9.59 Å². The topological polar surface area (TPSA) is 70.2 Å². The van der Waals surface area contributed by atoms with E-state index in [0.29, 0.717) is 28.8 Å². The average Bonchev–Trinajstić information content (AvgIpc) is 2.36. The molecule has 1 saturated heterocycles. The lowest BCUT2D eigenvalue weighted by Gasteiger charge is -2.23. The van der Waals surface area contributed by atoms with Crippen molar-refractivity contribution in [1.29, 1.82) is 0 Å². The van der Waals surface area contributed by atoms with Crippen LogP contribution in [-0.2, 0) is 9.59 Å². The Labute approximate surface area is 120 Å². The van der Waals surface area contributed by atoms with Crippen LogP contribution in [0, 0.1) is 0 Å². The van der Waals surface area contributed by atoms with Crippen molar-refractivity contribution >= 4 is 40.7 Å². The van der Waals surface area contributed by atoms with Crippen LogP contribution in [0.2, 0.25) is 10.0 Å². The molecule has 0 radical (unpaired) electrons. The molecule has 1 aromatic rings. The quantitative estimate of drug-likeness (QED) is 0.790. The van der Waals surface area contributed by atoms with E-state index in [-0.39, 0.29) is 18.2 Å². The molecule has 5 nitrogen and oxygen atoms in total. The molecule has 102 valence electrons. The molecule has 1 aliphatic rings. The van der Waals surface area contributed by atoms with Crippen molar-refractivity contribution in [1.82, 2.24) is 10.6 Å². The van der Waals surface area contributed by atoms with Gasteiger partial charge < -0.3 is 16.0 Å². The highest BCUT2D eigenvalue weighted by molar-refractivity contribution is 6.36. The van der Waals surface area contributed by atoms with E-state index in [1.54, 1.807) is 18.2 Å². The van der Waals surface area contributed by atoms with Gasteiger partial charge in [0.1, 0.15) is 0 Å². The normalized spacial score (nSPS) is 18.8. The standard InChI is InChI=1S/C12H13Cl2N3O2/c13-7-1-2-9(8(14)5-7)17-11(18)6-10-12(19)16-4-3-15-10/h1-2,5,10,15H,3-4,6H2,(H,16,19)(H,17,18)/t10-/m1/s1. The molecule has 1 aliphatic heterocycles. The highest BCUT2D eigenvalue weighted by atomic mass is 35.5. The van der Waals surface area contributed by atoms with Crippen molar-refractivity contribution in [3.05, 3.63) is 28.2 Å². The molecule has 0 aliphatic carbocycles. The molecule has 1 atom stereocenters. The Morgan fingerprint density at radius 2 is 2.16 bits per heavy atom. The van der Waals surface area contributed by atoms with Crippen LogP contribution in [0.15, 0.2) is 18.2 Å². The third-order valence-electron chi connectivity index (χ3n) is 2.73. The molecule has 1 aromatic carbocycles. The fourth-order valence-electron chi connectivity index (χ4n) is 1.79. The summed E-state index contributed by atoms with van der Waals surface area (Å²) < 4.78 is 0. The number of halogens is 2. The van der Waals surface area contributed by atoms with Gasteiger partial charge in [0.2, 0.25) is 11.8 Å². The van der Waals surface area contributed by atoms with E-state index in [4.69, 9.17) is 23.2 Å². The molecule has 7 heteroatoms.